The SMILES string of the molecule is C=CC1(C)COC(=O)CO1. The Hall–Kier alpha value is -0.830. The zero-order valence-corrected chi connectivity index (χ0v) is 5.92. The van der Waals surface area contributed by atoms with Crippen molar-refractivity contribution < 1.29 is 14.3 Å². The van der Waals surface area contributed by atoms with E-state index < -0.39 is 5.60 Å². The van der Waals surface area contributed by atoms with Gasteiger partial charge in [-0.05, 0) is 6.92 Å². The molecule has 0 aliphatic carbocycles. The summed E-state index contributed by atoms with van der Waals surface area (Å²) < 4.78 is 9.88. The maximum atomic E-state index is 10.5. The topological polar surface area (TPSA) is 35.5 Å². The molecule has 1 aliphatic rings. The number of cyclic esters (lactones) is 1. The molecule has 0 aromatic rings. The van der Waals surface area contributed by atoms with Gasteiger partial charge in [-0.2, -0.15) is 0 Å². The molecule has 1 aliphatic heterocycles. The minimum Gasteiger partial charge on any atom is -0.461 e. The maximum Gasteiger partial charge on any atom is 0.332 e. The second-order valence-corrected chi connectivity index (χ2v) is 2.47. The van der Waals surface area contributed by atoms with Gasteiger partial charge in [0.25, 0.3) is 0 Å². The van der Waals surface area contributed by atoms with Crippen LogP contribution in [0.2, 0.25) is 0 Å². The average Bonchev–Trinajstić information content (AvgIpc) is 1.96. The zero-order chi connectivity index (χ0) is 7.61. The van der Waals surface area contributed by atoms with Crippen molar-refractivity contribution in [1.82, 2.24) is 0 Å². The summed E-state index contributed by atoms with van der Waals surface area (Å²) in [7, 11) is 0. The first kappa shape index (κ1) is 7.28. The molecule has 0 aromatic heterocycles. The van der Waals surface area contributed by atoms with Gasteiger partial charge in [0.1, 0.15) is 18.8 Å². The van der Waals surface area contributed by atoms with Crippen LogP contribution >= 0.6 is 0 Å². The number of esters is 1. The van der Waals surface area contributed by atoms with Crippen molar-refractivity contribution in [2.75, 3.05) is 13.2 Å². The van der Waals surface area contributed by atoms with Gasteiger partial charge >= 0.3 is 5.97 Å². The standard InChI is InChI=1S/C7H10O3/c1-3-7(2)5-9-6(8)4-10-7/h3H,1,4-5H2,2H3. The van der Waals surface area contributed by atoms with Crippen molar-refractivity contribution in [1.29, 1.82) is 0 Å². The normalized spacial score (nSPS) is 33.1. The summed E-state index contributed by atoms with van der Waals surface area (Å²) in [6.07, 6.45) is 1.64. The van der Waals surface area contributed by atoms with Gasteiger partial charge in [-0.1, -0.05) is 6.08 Å². The fourth-order valence-electron chi connectivity index (χ4n) is 0.649. The molecule has 3 nitrogen and oxygen atoms in total. The summed E-state index contributed by atoms with van der Waals surface area (Å²) in [5, 5.41) is 0. The van der Waals surface area contributed by atoms with E-state index in [0.717, 1.165) is 0 Å². The Morgan fingerprint density at radius 3 is 2.90 bits per heavy atom. The van der Waals surface area contributed by atoms with Crippen molar-refractivity contribution in [3.63, 3.8) is 0 Å². The van der Waals surface area contributed by atoms with Crippen LogP contribution in [0.15, 0.2) is 12.7 Å². The Kier molecular flexibility index (Phi) is 1.76. The molecule has 1 atom stereocenters. The van der Waals surface area contributed by atoms with E-state index in [1.165, 1.54) is 0 Å². The van der Waals surface area contributed by atoms with E-state index in [-0.39, 0.29) is 19.2 Å². The van der Waals surface area contributed by atoms with Gasteiger partial charge in [0.2, 0.25) is 0 Å². The van der Waals surface area contributed by atoms with E-state index in [1.54, 1.807) is 6.08 Å². The molecule has 0 radical (unpaired) electrons. The highest BCUT2D eigenvalue weighted by molar-refractivity contribution is 5.71. The molecule has 0 amide bonds. The minimum absolute atomic E-state index is 0.0303. The smallest absolute Gasteiger partial charge is 0.332 e. The Balaban J connectivity index is 2.53. The molecular formula is C7H10O3. The first-order valence-corrected chi connectivity index (χ1v) is 3.09. The van der Waals surface area contributed by atoms with Crippen molar-refractivity contribution >= 4 is 5.97 Å². The van der Waals surface area contributed by atoms with Crippen molar-refractivity contribution in [2.45, 2.75) is 12.5 Å². The average molecular weight is 142 g/mol. The predicted octanol–water partition coefficient (Wildman–Crippen LogP) is 0.504. The summed E-state index contributed by atoms with van der Waals surface area (Å²) in [5.41, 5.74) is -0.478. The number of carbonyl (C=O) groups is 1. The molecule has 1 unspecified atom stereocenters. The lowest BCUT2D eigenvalue weighted by Gasteiger charge is -2.29. The molecule has 1 rings (SSSR count). The highest BCUT2D eigenvalue weighted by atomic mass is 16.6. The molecule has 0 saturated carbocycles. The quantitative estimate of drug-likeness (QED) is 0.395. The van der Waals surface area contributed by atoms with Crippen LogP contribution in [-0.2, 0) is 14.3 Å². The third kappa shape index (κ3) is 1.36. The van der Waals surface area contributed by atoms with Gasteiger partial charge in [0.15, 0.2) is 0 Å². The van der Waals surface area contributed by atoms with Crippen LogP contribution in [0.3, 0.4) is 0 Å². The molecule has 0 bridgehead atoms. The van der Waals surface area contributed by atoms with Crippen LogP contribution in [0.25, 0.3) is 0 Å². The van der Waals surface area contributed by atoms with Gasteiger partial charge in [-0.3, -0.25) is 0 Å². The Bertz CT molecular complexity index is 152. The van der Waals surface area contributed by atoms with Crippen molar-refractivity contribution in [2.24, 2.45) is 0 Å². The monoisotopic (exact) mass is 142 g/mol. The summed E-state index contributed by atoms with van der Waals surface area (Å²) in [6.45, 7) is 5.69. The fraction of sp³-hybridized carbons (Fsp3) is 0.571. The fourth-order valence-corrected chi connectivity index (χ4v) is 0.649. The summed E-state index contributed by atoms with van der Waals surface area (Å²) in [5.74, 6) is -0.306. The minimum atomic E-state index is -0.478. The molecule has 56 valence electrons. The van der Waals surface area contributed by atoms with E-state index in [2.05, 4.69) is 6.58 Å². The van der Waals surface area contributed by atoms with E-state index >= 15 is 0 Å². The van der Waals surface area contributed by atoms with Gasteiger partial charge < -0.3 is 9.47 Å². The van der Waals surface area contributed by atoms with Gasteiger partial charge in [-0.25, -0.2) is 4.79 Å². The van der Waals surface area contributed by atoms with Crippen LogP contribution in [0, 0.1) is 0 Å². The van der Waals surface area contributed by atoms with Crippen molar-refractivity contribution in [3.8, 4) is 0 Å². The van der Waals surface area contributed by atoms with E-state index in [0.29, 0.717) is 0 Å². The predicted molar refractivity (Wildman–Crippen MR) is 35.5 cm³/mol. The maximum absolute atomic E-state index is 10.5. The Morgan fingerprint density at radius 2 is 2.50 bits per heavy atom. The van der Waals surface area contributed by atoms with Gasteiger partial charge in [-0.15, -0.1) is 6.58 Å². The third-order valence-electron chi connectivity index (χ3n) is 1.47. The largest absolute Gasteiger partial charge is 0.461 e. The zero-order valence-electron chi connectivity index (χ0n) is 5.92. The highest BCUT2D eigenvalue weighted by Crippen LogP contribution is 2.15. The second-order valence-electron chi connectivity index (χ2n) is 2.47. The lowest BCUT2D eigenvalue weighted by atomic mass is 10.1. The highest BCUT2D eigenvalue weighted by Gasteiger charge is 2.28. The number of rotatable bonds is 1. The lowest BCUT2D eigenvalue weighted by molar-refractivity contribution is -0.176. The van der Waals surface area contributed by atoms with Crippen LogP contribution < -0.4 is 0 Å². The molecule has 1 heterocycles. The molecular weight excluding hydrogens is 132 g/mol. The van der Waals surface area contributed by atoms with Gasteiger partial charge in [0, 0.05) is 0 Å². The number of hydrogen-bond donors (Lipinski definition) is 0. The van der Waals surface area contributed by atoms with Crippen LogP contribution in [0.4, 0.5) is 0 Å². The summed E-state index contributed by atoms with van der Waals surface area (Å²) in [6, 6.07) is 0. The summed E-state index contributed by atoms with van der Waals surface area (Å²) >= 11 is 0. The van der Waals surface area contributed by atoms with E-state index in [4.69, 9.17) is 9.47 Å². The molecule has 3 heteroatoms. The van der Waals surface area contributed by atoms with Gasteiger partial charge in [0.05, 0.1) is 0 Å². The Morgan fingerprint density at radius 1 is 1.80 bits per heavy atom. The van der Waals surface area contributed by atoms with E-state index in [9.17, 15) is 4.79 Å². The first-order valence-electron chi connectivity index (χ1n) is 3.09. The first-order chi connectivity index (χ1) is 4.66. The second kappa shape index (κ2) is 2.42. The number of ether oxygens (including phenoxy) is 2. The number of carbonyl (C=O) groups excluding carboxylic acids is 1. The molecule has 10 heavy (non-hydrogen) atoms. The van der Waals surface area contributed by atoms with Crippen LogP contribution in [0.5, 0.6) is 0 Å². The molecule has 1 saturated heterocycles. The van der Waals surface area contributed by atoms with Crippen LogP contribution in [0.1, 0.15) is 6.92 Å². The van der Waals surface area contributed by atoms with E-state index in [1.807, 2.05) is 6.92 Å². The molecule has 0 spiro atoms. The molecule has 0 N–H and O–H groups in total. The summed E-state index contributed by atoms with van der Waals surface area (Å²) in [4.78, 5) is 10.5. The Labute approximate surface area is 59.6 Å². The van der Waals surface area contributed by atoms with Crippen molar-refractivity contribution in [3.05, 3.63) is 12.7 Å². The third-order valence-corrected chi connectivity index (χ3v) is 1.47. The number of hydrogen-bond acceptors (Lipinski definition) is 3. The molecule has 0 aromatic carbocycles. The lowest BCUT2D eigenvalue weighted by Crippen LogP contribution is -2.40. The van der Waals surface area contributed by atoms with Crippen LogP contribution in [-0.4, -0.2) is 24.8 Å². The molecule has 1 fully saturated rings.